The van der Waals surface area contributed by atoms with E-state index in [2.05, 4.69) is 0 Å². The molecular weight excluding hydrogens is 268 g/mol. The number of aromatic hydroxyl groups is 1. The average molecular weight is 279 g/mol. The minimum Gasteiger partial charge on any atom is -0.508 e. The number of halogens is 1. The van der Waals surface area contributed by atoms with Crippen molar-refractivity contribution in [3.63, 3.8) is 0 Å². The van der Waals surface area contributed by atoms with Crippen molar-refractivity contribution in [2.24, 2.45) is 0 Å². The van der Waals surface area contributed by atoms with Crippen molar-refractivity contribution >= 4 is 17.6 Å². The zero-order valence-electron chi connectivity index (χ0n) is 10.1. The maximum atomic E-state index is 11.0. The van der Waals surface area contributed by atoms with E-state index in [1.165, 1.54) is 25.3 Å². The van der Waals surface area contributed by atoms with E-state index in [9.17, 15) is 9.90 Å². The fourth-order valence-corrected chi connectivity index (χ4v) is 1.96. The van der Waals surface area contributed by atoms with Crippen LogP contribution in [0.4, 0.5) is 0 Å². The normalized spacial score (nSPS) is 10.2. The second-order valence-corrected chi connectivity index (χ2v) is 4.35. The van der Waals surface area contributed by atoms with Gasteiger partial charge in [-0.15, -0.1) is 0 Å². The number of phenolic OH excluding ortho intramolecular Hbond substituents is 1. The minimum atomic E-state index is -1.11. The Balaban J connectivity index is 2.61. The molecular formula is C14H11ClO4. The summed E-state index contributed by atoms with van der Waals surface area (Å²) in [6, 6.07) is 9.13. The molecule has 2 aromatic rings. The predicted molar refractivity (Wildman–Crippen MR) is 72.1 cm³/mol. The monoisotopic (exact) mass is 278 g/mol. The van der Waals surface area contributed by atoms with Crippen LogP contribution in [0.3, 0.4) is 0 Å². The van der Waals surface area contributed by atoms with Crippen LogP contribution in [0.15, 0.2) is 36.4 Å². The molecule has 0 aliphatic heterocycles. The van der Waals surface area contributed by atoms with Gasteiger partial charge < -0.3 is 14.9 Å². The summed E-state index contributed by atoms with van der Waals surface area (Å²) in [6.45, 7) is 0. The number of carboxylic acids is 1. The van der Waals surface area contributed by atoms with Crippen molar-refractivity contribution in [1.82, 2.24) is 0 Å². The fraction of sp³-hybridized carbons (Fsp3) is 0.0714. The molecule has 0 bridgehead atoms. The molecule has 0 unspecified atom stereocenters. The number of carboxylic acid groups (broad SMARTS) is 1. The lowest BCUT2D eigenvalue weighted by molar-refractivity contribution is 0.0696. The Kier molecular flexibility index (Phi) is 3.62. The summed E-state index contributed by atoms with van der Waals surface area (Å²) in [4.78, 5) is 11.0. The fourth-order valence-electron chi connectivity index (χ4n) is 1.79. The van der Waals surface area contributed by atoms with Crippen molar-refractivity contribution in [3.05, 3.63) is 47.0 Å². The third-order valence-electron chi connectivity index (χ3n) is 2.64. The first-order valence-electron chi connectivity index (χ1n) is 5.42. The number of carbonyl (C=O) groups is 1. The molecule has 0 amide bonds. The summed E-state index contributed by atoms with van der Waals surface area (Å²) in [6.07, 6.45) is 0. The molecule has 0 atom stereocenters. The van der Waals surface area contributed by atoms with Crippen LogP contribution in [0.25, 0.3) is 11.1 Å². The molecule has 0 aromatic heterocycles. The molecule has 0 aliphatic carbocycles. The van der Waals surface area contributed by atoms with Gasteiger partial charge in [0.2, 0.25) is 0 Å². The average Bonchev–Trinajstić information content (AvgIpc) is 2.37. The second kappa shape index (κ2) is 5.20. The zero-order chi connectivity index (χ0) is 14.0. The first-order valence-corrected chi connectivity index (χ1v) is 5.80. The molecule has 0 saturated heterocycles. The third kappa shape index (κ3) is 2.80. The van der Waals surface area contributed by atoms with E-state index in [1.54, 1.807) is 18.2 Å². The molecule has 0 aliphatic rings. The van der Waals surface area contributed by atoms with Gasteiger partial charge in [0.15, 0.2) is 0 Å². The summed E-state index contributed by atoms with van der Waals surface area (Å²) < 4.78 is 5.21. The summed E-state index contributed by atoms with van der Waals surface area (Å²) in [5, 5.41) is 19.1. The highest BCUT2D eigenvalue weighted by Gasteiger charge is 2.11. The number of rotatable bonds is 3. The number of methoxy groups -OCH3 is 1. The number of aromatic carboxylic acids is 1. The molecule has 0 radical (unpaired) electrons. The van der Waals surface area contributed by atoms with Gasteiger partial charge in [-0.05, 0) is 42.0 Å². The molecule has 19 heavy (non-hydrogen) atoms. The van der Waals surface area contributed by atoms with E-state index in [0.717, 1.165) is 0 Å². The van der Waals surface area contributed by atoms with Gasteiger partial charge in [0, 0.05) is 10.6 Å². The number of benzene rings is 2. The van der Waals surface area contributed by atoms with Crippen molar-refractivity contribution in [2.75, 3.05) is 7.11 Å². The van der Waals surface area contributed by atoms with Crippen LogP contribution >= 0.6 is 11.6 Å². The van der Waals surface area contributed by atoms with E-state index < -0.39 is 5.97 Å². The van der Waals surface area contributed by atoms with Crippen LogP contribution in [0.5, 0.6) is 11.5 Å². The quantitative estimate of drug-likeness (QED) is 0.903. The highest BCUT2D eigenvalue weighted by atomic mass is 35.5. The summed E-state index contributed by atoms with van der Waals surface area (Å²) >= 11 is 5.87. The van der Waals surface area contributed by atoms with Gasteiger partial charge in [0.25, 0.3) is 0 Å². The van der Waals surface area contributed by atoms with E-state index >= 15 is 0 Å². The molecule has 2 rings (SSSR count). The lowest BCUT2D eigenvalue weighted by atomic mass is 10.0. The Morgan fingerprint density at radius 2 is 1.95 bits per heavy atom. The summed E-state index contributed by atoms with van der Waals surface area (Å²) in [5.41, 5.74) is 1.21. The SMILES string of the molecule is COc1cc(Cl)ccc1-c1cc(O)cc(C(=O)O)c1. The van der Waals surface area contributed by atoms with Gasteiger partial charge in [-0.25, -0.2) is 4.79 Å². The summed E-state index contributed by atoms with van der Waals surface area (Å²) in [5.74, 6) is -0.716. The highest BCUT2D eigenvalue weighted by molar-refractivity contribution is 6.30. The van der Waals surface area contributed by atoms with Crippen molar-refractivity contribution in [3.8, 4) is 22.6 Å². The minimum absolute atomic E-state index is 0.00648. The maximum absolute atomic E-state index is 11.0. The maximum Gasteiger partial charge on any atom is 0.335 e. The Morgan fingerprint density at radius 3 is 2.58 bits per heavy atom. The molecule has 5 heteroatoms. The molecule has 98 valence electrons. The lowest BCUT2D eigenvalue weighted by Gasteiger charge is -2.10. The Bertz CT molecular complexity index is 637. The molecule has 2 N–H and O–H groups in total. The predicted octanol–water partition coefficient (Wildman–Crippen LogP) is 3.42. The Labute approximate surface area is 114 Å². The molecule has 0 spiro atoms. The van der Waals surface area contributed by atoms with E-state index in [-0.39, 0.29) is 11.3 Å². The van der Waals surface area contributed by atoms with Crippen LogP contribution in [0, 0.1) is 0 Å². The van der Waals surface area contributed by atoms with E-state index in [0.29, 0.717) is 21.9 Å². The van der Waals surface area contributed by atoms with Crippen molar-refractivity contribution in [2.45, 2.75) is 0 Å². The number of hydrogen-bond acceptors (Lipinski definition) is 3. The van der Waals surface area contributed by atoms with Gasteiger partial charge in [-0.1, -0.05) is 11.6 Å². The number of phenols is 1. The standard InChI is InChI=1S/C14H11ClO4/c1-19-13-7-10(15)2-3-12(13)8-4-9(14(17)18)6-11(16)5-8/h2-7,16H,1H3,(H,17,18). The summed E-state index contributed by atoms with van der Waals surface area (Å²) in [7, 11) is 1.50. The van der Waals surface area contributed by atoms with E-state index in [4.69, 9.17) is 21.4 Å². The molecule has 0 fully saturated rings. The van der Waals surface area contributed by atoms with Crippen LogP contribution in [-0.4, -0.2) is 23.3 Å². The van der Waals surface area contributed by atoms with Crippen molar-refractivity contribution < 1.29 is 19.7 Å². The van der Waals surface area contributed by atoms with Gasteiger partial charge >= 0.3 is 5.97 Å². The third-order valence-corrected chi connectivity index (χ3v) is 2.87. The van der Waals surface area contributed by atoms with Gasteiger partial charge in [-0.3, -0.25) is 0 Å². The van der Waals surface area contributed by atoms with Crippen LogP contribution in [0.2, 0.25) is 5.02 Å². The largest absolute Gasteiger partial charge is 0.508 e. The lowest BCUT2D eigenvalue weighted by Crippen LogP contribution is -1.96. The topological polar surface area (TPSA) is 66.8 Å². The Hall–Kier alpha value is -2.20. The first-order chi connectivity index (χ1) is 9.01. The van der Waals surface area contributed by atoms with Crippen LogP contribution in [0.1, 0.15) is 10.4 Å². The van der Waals surface area contributed by atoms with Crippen LogP contribution in [-0.2, 0) is 0 Å². The molecule has 4 nitrogen and oxygen atoms in total. The Morgan fingerprint density at radius 1 is 1.21 bits per heavy atom. The van der Waals surface area contributed by atoms with Crippen LogP contribution < -0.4 is 4.74 Å². The first kappa shape index (κ1) is 13.2. The van der Waals surface area contributed by atoms with Gasteiger partial charge in [0.1, 0.15) is 11.5 Å². The van der Waals surface area contributed by atoms with Gasteiger partial charge in [0.05, 0.1) is 12.7 Å². The van der Waals surface area contributed by atoms with Crippen molar-refractivity contribution in [1.29, 1.82) is 0 Å². The second-order valence-electron chi connectivity index (χ2n) is 3.92. The smallest absolute Gasteiger partial charge is 0.335 e. The zero-order valence-corrected chi connectivity index (χ0v) is 10.8. The number of hydrogen-bond donors (Lipinski definition) is 2. The molecule has 0 saturated carbocycles. The molecule has 2 aromatic carbocycles. The van der Waals surface area contributed by atoms with Gasteiger partial charge in [-0.2, -0.15) is 0 Å². The molecule has 0 heterocycles. The number of ether oxygens (including phenoxy) is 1. The highest BCUT2D eigenvalue weighted by Crippen LogP contribution is 2.34. The van der Waals surface area contributed by atoms with E-state index in [1.807, 2.05) is 0 Å².